The summed E-state index contributed by atoms with van der Waals surface area (Å²) in [6, 6.07) is 13.9. The fraction of sp³-hybridized carbons (Fsp3) is 0.167. The average molecular weight is 323 g/mol. The molecule has 1 fully saturated rings. The maximum Gasteiger partial charge on any atom is 0.325 e. The van der Waals surface area contributed by atoms with E-state index in [1.54, 1.807) is 30.3 Å². The molecular formula is C18H14FN3O2. The number of carbonyl (C=O) groups is 2. The van der Waals surface area contributed by atoms with Crippen molar-refractivity contribution in [2.24, 2.45) is 0 Å². The van der Waals surface area contributed by atoms with Crippen molar-refractivity contribution in [3.8, 4) is 6.07 Å². The summed E-state index contributed by atoms with van der Waals surface area (Å²) in [4.78, 5) is 26.0. The molecule has 1 N–H and O–H groups in total. The van der Waals surface area contributed by atoms with E-state index in [9.17, 15) is 14.0 Å². The van der Waals surface area contributed by atoms with E-state index in [0.717, 1.165) is 4.90 Å². The molecule has 0 aliphatic carbocycles. The number of urea groups is 1. The van der Waals surface area contributed by atoms with Crippen molar-refractivity contribution in [1.29, 1.82) is 5.26 Å². The van der Waals surface area contributed by atoms with Gasteiger partial charge in [0.1, 0.15) is 11.4 Å². The molecule has 1 atom stereocenters. The van der Waals surface area contributed by atoms with Crippen LogP contribution in [0.5, 0.6) is 0 Å². The third kappa shape index (κ3) is 2.50. The van der Waals surface area contributed by atoms with Crippen LogP contribution in [-0.4, -0.2) is 16.8 Å². The van der Waals surface area contributed by atoms with Crippen LogP contribution in [-0.2, 0) is 16.9 Å². The van der Waals surface area contributed by atoms with Crippen LogP contribution >= 0.6 is 0 Å². The molecule has 1 saturated heterocycles. The van der Waals surface area contributed by atoms with Gasteiger partial charge in [0.05, 0.1) is 18.2 Å². The molecule has 0 bridgehead atoms. The number of nitriles is 1. The number of nitrogens with zero attached hydrogens (tertiary/aromatic N) is 2. The predicted molar refractivity (Wildman–Crippen MR) is 84.0 cm³/mol. The number of benzene rings is 2. The summed E-state index contributed by atoms with van der Waals surface area (Å²) in [5.74, 6) is -1.08. The van der Waals surface area contributed by atoms with Crippen LogP contribution in [0.15, 0.2) is 48.5 Å². The van der Waals surface area contributed by atoms with Crippen LogP contribution < -0.4 is 5.32 Å². The second-order valence-corrected chi connectivity index (χ2v) is 5.74. The third-order valence-electron chi connectivity index (χ3n) is 4.08. The van der Waals surface area contributed by atoms with Crippen molar-refractivity contribution in [2.75, 3.05) is 0 Å². The zero-order valence-electron chi connectivity index (χ0n) is 12.9. The first-order valence-corrected chi connectivity index (χ1v) is 7.34. The number of amides is 3. The molecule has 1 aliphatic rings. The fourth-order valence-electron chi connectivity index (χ4n) is 2.81. The smallest absolute Gasteiger partial charge is 0.319 e. The molecule has 6 heteroatoms. The van der Waals surface area contributed by atoms with E-state index in [1.165, 1.54) is 25.1 Å². The van der Waals surface area contributed by atoms with Gasteiger partial charge in [0.15, 0.2) is 0 Å². The number of hydrogen-bond acceptors (Lipinski definition) is 3. The van der Waals surface area contributed by atoms with Crippen molar-refractivity contribution in [3.63, 3.8) is 0 Å². The van der Waals surface area contributed by atoms with Gasteiger partial charge in [0.25, 0.3) is 5.91 Å². The van der Waals surface area contributed by atoms with Crippen molar-refractivity contribution >= 4 is 11.9 Å². The van der Waals surface area contributed by atoms with Gasteiger partial charge in [-0.05, 0) is 30.7 Å². The van der Waals surface area contributed by atoms with Crippen molar-refractivity contribution in [2.45, 2.75) is 19.0 Å². The summed E-state index contributed by atoms with van der Waals surface area (Å²) in [6.45, 7) is 1.50. The number of nitrogens with one attached hydrogen (secondary N) is 1. The minimum absolute atomic E-state index is 0.0181. The van der Waals surface area contributed by atoms with Crippen LogP contribution in [0.2, 0.25) is 0 Å². The fourth-order valence-corrected chi connectivity index (χ4v) is 2.81. The zero-order chi connectivity index (χ0) is 17.3. The summed E-state index contributed by atoms with van der Waals surface area (Å²) >= 11 is 0. The Bertz CT molecular complexity index is 875. The molecule has 0 spiro atoms. The minimum Gasteiger partial charge on any atom is -0.319 e. The van der Waals surface area contributed by atoms with Gasteiger partial charge in [-0.15, -0.1) is 0 Å². The second kappa shape index (κ2) is 5.78. The number of hydrogen-bond donors (Lipinski definition) is 1. The Hall–Kier alpha value is -3.20. The Labute approximate surface area is 138 Å². The summed E-state index contributed by atoms with van der Waals surface area (Å²) in [5, 5.41) is 11.5. The van der Waals surface area contributed by atoms with Crippen LogP contribution in [0.4, 0.5) is 9.18 Å². The van der Waals surface area contributed by atoms with Gasteiger partial charge < -0.3 is 5.32 Å². The second-order valence-electron chi connectivity index (χ2n) is 5.74. The molecule has 0 aromatic heterocycles. The van der Waals surface area contributed by atoms with E-state index in [-0.39, 0.29) is 12.1 Å². The summed E-state index contributed by atoms with van der Waals surface area (Å²) in [6.07, 6.45) is 0. The van der Waals surface area contributed by atoms with Gasteiger partial charge in [-0.25, -0.2) is 9.18 Å². The van der Waals surface area contributed by atoms with E-state index < -0.39 is 23.3 Å². The lowest BCUT2D eigenvalue weighted by Gasteiger charge is -2.22. The van der Waals surface area contributed by atoms with E-state index in [4.69, 9.17) is 5.26 Å². The van der Waals surface area contributed by atoms with Gasteiger partial charge in [-0.1, -0.05) is 30.3 Å². The van der Waals surface area contributed by atoms with Crippen LogP contribution in [0.1, 0.15) is 23.6 Å². The molecular weight excluding hydrogens is 309 g/mol. The van der Waals surface area contributed by atoms with E-state index >= 15 is 0 Å². The molecule has 0 unspecified atom stereocenters. The highest BCUT2D eigenvalue weighted by atomic mass is 19.1. The van der Waals surface area contributed by atoms with Crippen molar-refractivity contribution < 1.29 is 14.0 Å². The van der Waals surface area contributed by atoms with Gasteiger partial charge in [-0.3, -0.25) is 9.69 Å². The lowest BCUT2D eigenvalue weighted by molar-refractivity contribution is -0.131. The first-order valence-electron chi connectivity index (χ1n) is 7.34. The Morgan fingerprint density at radius 3 is 2.67 bits per heavy atom. The maximum absolute atomic E-state index is 14.1. The largest absolute Gasteiger partial charge is 0.325 e. The lowest BCUT2D eigenvalue weighted by atomic mass is 9.91. The number of rotatable bonds is 3. The number of carbonyl (C=O) groups excluding carboxylic acids is 2. The SMILES string of the molecule is C[C@@]1(c2ccccc2F)NC(=O)N(Cc2cccc(C#N)c2)C1=O. The molecule has 3 rings (SSSR count). The third-order valence-corrected chi connectivity index (χ3v) is 4.08. The van der Waals surface area contributed by atoms with Crippen LogP contribution in [0, 0.1) is 17.1 Å². The van der Waals surface area contributed by atoms with Gasteiger partial charge >= 0.3 is 6.03 Å². The van der Waals surface area contributed by atoms with Gasteiger partial charge in [-0.2, -0.15) is 5.26 Å². The molecule has 5 nitrogen and oxygen atoms in total. The predicted octanol–water partition coefficient (Wildman–Crippen LogP) is 2.66. The molecule has 120 valence electrons. The van der Waals surface area contributed by atoms with Crippen molar-refractivity contribution in [3.05, 3.63) is 71.0 Å². The van der Waals surface area contributed by atoms with E-state index in [2.05, 4.69) is 5.32 Å². The topological polar surface area (TPSA) is 73.2 Å². The summed E-state index contributed by atoms with van der Waals surface area (Å²) in [7, 11) is 0. The monoisotopic (exact) mass is 323 g/mol. The van der Waals surface area contributed by atoms with E-state index in [1.807, 2.05) is 6.07 Å². The normalized spacial score (nSPS) is 20.0. The highest BCUT2D eigenvalue weighted by Gasteiger charge is 2.50. The lowest BCUT2D eigenvalue weighted by Crippen LogP contribution is -2.41. The molecule has 24 heavy (non-hydrogen) atoms. The minimum atomic E-state index is -1.45. The zero-order valence-corrected chi connectivity index (χ0v) is 12.9. The molecule has 2 aromatic rings. The standard InChI is InChI=1S/C18H14FN3O2/c1-18(14-7-2-3-8-15(14)19)16(23)22(17(24)21-18)11-13-6-4-5-12(9-13)10-20/h2-9H,11H2,1H3,(H,21,24)/t18-/m0/s1. The summed E-state index contributed by atoms with van der Waals surface area (Å²) in [5.41, 5.74) is -0.238. The number of imide groups is 1. The molecule has 3 amide bonds. The Balaban J connectivity index is 1.92. The molecule has 0 saturated carbocycles. The average Bonchev–Trinajstić information content (AvgIpc) is 2.79. The highest BCUT2D eigenvalue weighted by Crippen LogP contribution is 2.31. The molecule has 1 heterocycles. The summed E-state index contributed by atoms with van der Waals surface area (Å²) < 4.78 is 14.1. The van der Waals surface area contributed by atoms with E-state index in [0.29, 0.717) is 11.1 Å². The Kier molecular flexibility index (Phi) is 3.78. The van der Waals surface area contributed by atoms with Crippen LogP contribution in [0.25, 0.3) is 0 Å². The first kappa shape index (κ1) is 15.7. The van der Waals surface area contributed by atoms with Gasteiger partial charge in [0.2, 0.25) is 0 Å². The first-order chi connectivity index (χ1) is 11.5. The van der Waals surface area contributed by atoms with Crippen LogP contribution in [0.3, 0.4) is 0 Å². The molecule has 2 aromatic carbocycles. The Morgan fingerprint density at radius 1 is 1.21 bits per heavy atom. The number of halogens is 1. The maximum atomic E-state index is 14.1. The van der Waals surface area contributed by atoms with Gasteiger partial charge in [0, 0.05) is 5.56 Å². The molecule has 0 radical (unpaired) electrons. The highest BCUT2D eigenvalue weighted by molar-refractivity contribution is 6.07. The molecule has 1 aliphatic heterocycles. The van der Waals surface area contributed by atoms with Crippen molar-refractivity contribution in [1.82, 2.24) is 10.2 Å². The Morgan fingerprint density at radius 2 is 1.96 bits per heavy atom. The quantitative estimate of drug-likeness (QED) is 0.883.